The molecule has 0 spiro atoms. The van der Waals surface area contributed by atoms with Gasteiger partial charge in [-0.05, 0) is 42.8 Å². The van der Waals surface area contributed by atoms with Crippen LogP contribution in [0.2, 0.25) is 0 Å². The summed E-state index contributed by atoms with van der Waals surface area (Å²) >= 11 is 0. The highest BCUT2D eigenvalue weighted by molar-refractivity contribution is 5.52. The zero-order valence-electron chi connectivity index (χ0n) is 11.8. The first kappa shape index (κ1) is 13.2. The quantitative estimate of drug-likeness (QED) is 0.764. The molecule has 1 heterocycles. The van der Waals surface area contributed by atoms with Crippen LogP contribution in [0.3, 0.4) is 0 Å². The maximum Gasteiger partial charge on any atom is 0.115 e. The van der Waals surface area contributed by atoms with E-state index in [0.717, 1.165) is 16.9 Å². The Hall–Kier alpha value is -2.75. The number of nitrogens with one attached hydrogen (secondary N) is 1. The highest BCUT2D eigenvalue weighted by Crippen LogP contribution is 2.23. The molecule has 106 valence electrons. The Morgan fingerprint density at radius 3 is 2.76 bits per heavy atom. The molecule has 1 atom stereocenters. The van der Waals surface area contributed by atoms with Crippen LogP contribution in [0.1, 0.15) is 18.5 Å². The van der Waals surface area contributed by atoms with Crippen molar-refractivity contribution in [3.05, 3.63) is 72.8 Å². The average molecular weight is 279 g/mol. The van der Waals surface area contributed by atoms with Crippen molar-refractivity contribution in [2.24, 2.45) is 0 Å². The van der Waals surface area contributed by atoms with Gasteiger partial charge in [-0.2, -0.15) is 0 Å². The Morgan fingerprint density at radius 1 is 1.14 bits per heavy atom. The van der Waals surface area contributed by atoms with E-state index in [0.29, 0.717) is 0 Å². The van der Waals surface area contributed by atoms with Gasteiger partial charge in [-0.25, -0.2) is 4.98 Å². The third kappa shape index (κ3) is 3.05. The van der Waals surface area contributed by atoms with Crippen LogP contribution >= 0.6 is 0 Å². The lowest BCUT2D eigenvalue weighted by Gasteiger charge is -2.16. The molecular weight excluding hydrogens is 262 g/mol. The number of aromatic nitrogens is 2. The number of phenolic OH excluding ortho intramolecular Hbond substituents is 1. The number of anilines is 1. The smallest absolute Gasteiger partial charge is 0.115 e. The molecule has 1 aromatic heterocycles. The van der Waals surface area contributed by atoms with Crippen LogP contribution in [0.5, 0.6) is 5.75 Å². The topological polar surface area (TPSA) is 50.1 Å². The van der Waals surface area contributed by atoms with Crippen LogP contribution in [0.15, 0.2) is 67.3 Å². The van der Waals surface area contributed by atoms with Crippen LogP contribution in [0, 0.1) is 0 Å². The van der Waals surface area contributed by atoms with Gasteiger partial charge in [0.2, 0.25) is 0 Å². The average Bonchev–Trinajstić information content (AvgIpc) is 3.02. The molecule has 0 fully saturated rings. The third-order valence-electron chi connectivity index (χ3n) is 3.40. The lowest BCUT2D eigenvalue weighted by atomic mass is 10.1. The summed E-state index contributed by atoms with van der Waals surface area (Å²) in [6.45, 7) is 2.07. The highest BCUT2D eigenvalue weighted by Gasteiger charge is 2.06. The lowest BCUT2D eigenvalue weighted by molar-refractivity contribution is 0.474. The number of nitrogens with zero attached hydrogens (tertiary/aromatic N) is 2. The number of benzene rings is 2. The van der Waals surface area contributed by atoms with Gasteiger partial charge < -0.3 is 15.0 Å². The number of rotatable bonds is 4. The van der Waals surface area contributed by atoms with Gasteiger partial charge in [0.05, 0.1) is 6.33 Å². The van der Waals surface area contributed by atoms with E-state index in [1.54, 1.807) is 24.7 Å². The number of phenols is 1. The molecule has 0 aliphatic rings. The molecule has 0 saturated heterocycles. The third-order valence-corrected chi connectivity index (χ3v) is 3.40. The summed E-state index contributed by atoms with van der Waals surface area (Å²) in [6.07, 6.45) is 5.45. The molecule has 3 rings (SSSR count). The van der Waals surface area contributed by atoms with Crippen molar-refractivity contribution in [2.75, 3.05) is 5.32 Å². The minimum Gasteiger partial charge on any atom is -0.508 e. The van der Waals surface area contributed by atoms with Crippen molar-refractivity contribution in [1.82, 2.24) is 9.55 Å². The van der Waals surface area contributed by atoms with Crippen molar-refractivity contribution >= 4 is 5.69 Å². The van der Waals surface area contributed by atoms with Gasteiger partial charge in [-0.15, -0.1) is 0 Å². The van der Waals surface area contributed by atoms with E-state index < -0.39 is 0 Å². The predicted molar refractivity (Wildman–Crippen MR) is 83.7 cm³/mol. The van der Waals surface area contributed by atoms with E-state index in [-0.39, 0.29) is 11.8 Å². The maximum atomic E-state index is 9.56. The van der Waals surface area contributed by atoms with Crippen molar-refractivity contribution in [3.8, 4) is 11.4 Å². The Labute approximate surface area is 123 Å². The molecule has 0 bridgehead atoms. The summed E-state index contributed by atoms with van der Waals surface area (Å²) in [4.78, 5) is 4.06. The summed E-state index contributed by atoms with van der Waals surface area (Å²) in [6, 6.07) is 15.5. The van der Waals surface area contributed by atoms with E-state index in [2.05, 4.69) is 23.3 Å². The minimum absolute atomic E-state index is 0.107. The molecule has 0 amide bonds. The molecule has 0 radical (unpaired) electrons. The number of hydrogen-bond acceptors (Lipinski definition) is 3. The van der Waals surface area contributed by atoms with Crippen LogP contribution in [0.25, 0.3) is 5.69 Å². The molecule has 4 heteroatoms. The first-order valence-electron chi connectivity index (χ1n) is 6.86. The molecule has 0 aliphatic heterocycles. The van der Waals surface area contributed by atoms with E-state index in [1.807, 2.05) is 41.1 Å². The number of hydrogen-bond donors (Lipinski definition) is 2. The summed E-state index contributed by atoms with van der Waals surface area (Å²) in [7, 11) is 0. The molecule has 2 aromatic carbocycles. The fraction of sp³-hybridized carbons (Fsp3) is 0.118. The van der Waals surface area contributed by atoms with Crippen LogP contribution in [0.4, 0.5) is 5.69 Å². The maximum absolute atomic E-state index is 9.56. The standard InChI is InChI=1S/C17H17N3O/c1-13(14-4-2-7-17(21)10-14)19-15-5-3-6-16(11-15)20-9-8-18-12-20/h2-13,19,21H,1H3. The normalized spacial score (nSPS) is 12.0. The largest absolute Gasteiger partial charge is 0.508 e. The zero-order valence-corrected chi connectivity index (χ0v) is 11.8. The van der Waals surface area contributed by atoms with Gasteiger partial charge >= 0.3 is 0 Å². The molecule has 4 nitrogen and oxygen atoms in total. The predicted octanol–water partition coefficient (Wildman–Crippen LogP) is 3.75. The monoisotopic (exact) mass is 279 g/mol. The molecular formula is C17H17N3O. The number of aromatic hydroxyl groups is 1. The summed E-state index contributed by atoms with van der Waals surface area (Å²) < 4.78 is 1.96. The van der Waals surface area contributed by atoms with E-state index in [4.69, 9.17) is 0 Å². The van der Waals surface area contributed by atoms with Gasteiger partial charge in [-0.1, -0.05) is 18.2 Å². The number of imidazole rings is 1. The lowest BCUT2D eigenvalue weighted by Crippen LogP contribution is -2.06. The van der Waals surface area contributed by atoms with Gasteiger partial charge in [-0.3, -0.25) is 0 Å². The Kier molecular flexibility index (Phi) is 3.60. The van der Waals surface area contributed by atoms with Crippen molar-refractivity contribution in [1.29, 1.82) is 0 Å². The minimum atomic E-state index is 0.107. The summed E-state index contributed by atoms with van der Waals surface area (Å²) in [5.41, 5.74) is 3.13. The van der Waals surface area contributed by atoms with Gasteiger partial charge in [0.15, 0.2) is 0 Å². The molecule has 0 saturated carbocycles. The van der Waals surface area contributed by atoms with Gasteiger partial charge in [0.25, 0.3) is 0 Å². The SMILES string of the molecule is CC(Nc1cccc(-n2ccnc2)c1)c1cccc(O)c1. The summed E-state index contributed by atoms with van der Waals surface area (Å²) in [5, 5.41) is 13.0. The summed E-state index contributed by atoms with van der Waals surface area (Å²) in [5.74, 6) is 0.285. The van der Waals surface area contributed by atoms with Crippen molar-refractivity contribution < 1.29 is 5.11 Å². The van der Waals surface area contributed by atoms with E-state index >= 15 is 0 Å². The molecule has 2 N–H and O–H groups in total. The second kappa shape index (κ2) is 5.71. The second-order valence-electron chi connectivity index (χ2n) is 4.98. The Balaban J connectivity index is 1.80. The molecule has 21 heavy (non-hydrogen) atoms. The van der Waals surface area contributed by atoms with Gasteiger partial charge in [0.1, 0.15) is 5.75 Å². The fourth-order valence-corrected chi connectivity index (χ4v) is 2.30. The Bertz CT molecular complexity index is 722. The molecule has 3 aromatic rings. The molecule has 1 unspecified atom stereocenters. The Morgan fingerprint density at radius 2 is 2.00 bits per heavy atom. The van der Waals surface area contributed by atoms with Crippen molar-refractivity contribution in [3.63, 3.8) is 0 Å². The van der Waals surface area contributed by atoms with Crippen LogP contribution in [-0.4, -0.2) is 14.7 Å². The van der Waals surface area contributed by atoms with Gasteiger partial charge in [0, 0.05) is 29.8 Å². The zero-order chi connectivity index (χ0) is 14.7. The van der Waals surface area contributed by atoms with Crippen LogP contribution < -0.4 is 5.32 Å². The van der Waals surface area contributed by atoms with E-state index in [9.17, 15) is 5.11 Å². The van der Waals surface area contributed by atoms with E-state index in [1.165, 1.54) is 0 Å². The molecule has 0 aliphatic carbocycles. The second-order valence-corrected chi connectivity index (χ2v) is 4.98. The van der Waals surface area contributed by atoms with Crippen LogP contribution in [-0.2, 0) is 0 Å². The highest BCUT2D eigenvalue weighted by atomic mass is 16.3. The fourth-order valence-electron chi connectivity index (χ4n) is 2.30. The first-order chi connectivity index (χ1) is 10.2. The first-order valence-corrected chi connectivity index (χ1v) is 6.86. The van der Waals surface area contributed by atoms with Crippen molar-refractivity contribution in [2.45, 2.75) is 13.0 Å².